The molecule has 0 radical (unpaired) electrons. The van der Waals surface area contributed by atoms with E-state index in [1.54, 1.807) is 31.5 Å². The highest BCUT2D eigenvalue weighted by Crippen LogP contribution is 2.31. The summed E-state index contributed by atoms with van der Waals surface area (Å²) in [6.07, 6.45) is 4.43. The minimum absolute atomic E-state index is 0.218. The van der Waals surface area contributed by atoms with Gasteiger partial charge in [-0.1, -0.05) is 6.07 Å². The van der Waals surface area contributed by atoms with Crippen LogP contribution < -0.4 is 15.2 Å². The van der Waals surface area contributed by atoms with Gasteiger partial charge in [0.15, 0.2) is 11.4 Å². The van der Waals surface area contributed by atoms with E-state index < -0.39 is 21.6 Å². The van der Waals surface area contributed by atoms with Crippen LogP contribution >= 0.6 is 0 Å². The molecule has 4 rings (SSSR count). The topological polar surface area (TPSA) is 129 Å². The highest BCUT2D eigenvalue weighted by Gasteiger charge is 2.27. The van der Waals surface area contributed by atoms with Gasteiger partial charge in [-0.3, -0.25) is 9.55 Å². The number of H-pyrrole nitrogens is 1. The largest absolute Gasteiger partial charge is 0.491 e. The van der Waals surface area contributed by atoms with Gasteiger partial charge in [0, 0.05) is 24.2 Å². The number of ether oxygens (including phenoxy) is 2. The zero-order valence-electron chi connectivity index (χ0n) is 19.3. The number of nitrogens with one attached hydrogen (secondary N) is 1. The maximum atomic E-state index is 13.1. The van der Waals surface area contributed by atoms with Crippen molar-refractivity contribution in [3.05, 3.63) is 64.5 Å². The van der Waals surface area contributed by atoms with Crippen molar-refractivity contribution in [2.45, 2.75) is 19.9 Å². The first-order valence-corrected chi connectivity index (χ1v) is 12.7. The van der Waals surface area contributed by atoms with Crippen LogP contribution in [0.1, 0.15) is 24.2 Å². The fourth-order valence-corrected chi connectivity index (χ4v) is 4.75. The molecule has 10 nitrogen and oxygen atoms in total. The third-order valence-electron chi connectivity index (χ3n) is 5.40. The lowest BCUT2D eigenvalue weighted by molar-refractivity contribution is 0.296. The minimum Gasteiger partial charge on any atom is -0.491 e. The van der Waals surface area contributed by atoms with Crippen molar-refractivity contribution in [3.63, 3.8) is 0 Å². The monoisotopic (exact) mass is 483 g/mol. The number of hydrogen-bond acceptors (Lipinski definition) is 8. The maximum Gasteiger partial charge on any atom is 0.328 e. The van der Waals surface area contributed by atoms with E-state index in [1.165, 1.54) is 11.7 Å². The lowest BCUT2D eigenvalue weighted by Gasteiger charge is -2.19. The molecule has 4 aromatic rings. The number of pyridine rings is 3. The van der Waals surface area contributed by atoms with E-state index in [2.05, 4.69) is 19.9 Å². The number of aromatic nitrogens is 5. The van der Waals surface area contributed by atoms with E-state index in [1.807, 2.05) is 25.1 Å². The summed E-state index contributed by atoms with van der Waals surface area (Å²) in [6.45, 7) is 4.00. The van der Waals surface area contributed by atoms with Crippen molar-refractivity contribution in [3.8, 4) is 22.9 Å². The molecule has 11 heteroatoms. The summed E-state index contributed by atoms with van der Waals surface area (Å²) >= 11 is 0. The van der Waals surface area contributed by atoms with Crippen LogP contribution in [0, 0.1) is 6.92 Å². The standard InChI is InChI=1S/C23H25N5O5S/c1-5-33-22-19(32-3)10-9-17(26-22)18(13-34(4,30)31)28-21-20(27-23(28)29)14(2)15(12-25-21)16-8-6-7-11-24-16/h6-12,18H,5,13H2,1-4H3,(H,27,29). The summed E-state index contributed by atoms with van der Waals surface area (Å²) in [6, 6.07) is 7.87. The number of hydrogen-bond donors (Lipinski definition) is 1. The van der Waals surface area contributed by atoms with Crippen LogP contribution in [0.15, 0.2) is 47.5 Å². The van der Waals surface area contributed by atoms with Crippen molar-refractivity contribution in [2.75, 3.05) is 25.7 Å². The predicted molar refractivity (Wildman–Crippen MR) is 128 cm³/mol. The Morgan fingerprint density at radius 2 is 1.97 bits per heavy atom. The molecule has 0 aliphatic rings. The Morgan fingerprint density at radius 3 is 2.62 bits per heavy atom. The summed E-state index contributed by atoms with van der Waals surface area (Å²) < 4.78 is 36.9. The SMILES string of the molecule is CCOc1nc(C(CS(C)(=O)=O)n2c(=O)[nH]c3c(C)c(-c4ccccn4)cnc32)ccc1OC. The second-order valence-electron chi connectivity index (χ2n) is 7.80. The molecule has 0 saturated carbocycles. The first kappa shape index (κ1) is 23.4. The molecule has 1 N–H and O–H groups in total. The number of rotatable bonds is 8. The normalized spacial score (nSPS) is 12.6. The van der Waals surface area contributed by atoms with Crippen LogP contribution in [0.4, 0.5) is 0 Å². The Bertz CT molecular complexity index is 1500. The Kier molecular flexibility index (Phi) is 6.38. The van der Waals surface area contributed by atoms with Crippen molar-refractivity contribution >= 4 is 21.0 Å². The zero-order valence-corrected chi connectivity index (χ0v) is 20.1. The van der Waals surface area contributed by atoms with E-state index in [0.29, 0.717) is 34.9 Å². The molecule has 4 heterocycles. The Hall–Kier alpha value is -3.73. The van der Waals surface area contributed by atoms with Gasteiger partial charge in [-0.15, -0.1) is 0 Å². The fourth-order valence-electron chi connectivity index (χ4n) is 3.86. The molecule has 0 aliphatic carbocycles. The second kappa shape index (κ2) is 9.26. The van der Waals surface area contributed by atoms with Crippen LogP contribution in [0.25, 0.3) is 22.4 Å². The van der Waals surface area contributed by atoms with E-state index in [-0.39, 0.29) is 11.6 Å². The van der Waals surface area contributed by atoms with Crippen LogP contribution in [-0.4, -0.2) is 58.6 Å². The molecule has 34 heavy (non-hydrogen) atoms. The third kappa shape index (κ3) is 4.51. The first-order chi connectivity index (χ1) is 16.2. The van der Waals surface area contributed by atoms with Crippen LogP contribution in [0.2, 0.25) is 0 Å². The summed E-state index contributed by atoms with van der Waals surface area (Å²) in [5.41, 5.74) is 2.93. The highest BCUT2D eigenvalue weighted by molar-refractivity contribution is 7.90. The second-order valence-corrected chi connectivity index (χ2v) is 9.98. The number of fused-ring (bicyclic) bond motifs is 1. The van der Waals surface area contributed by atoms with Gasteiger partial charge in [0.25, 0.3) is 5.88 Å². The molecule has 178 valence electrons. The molecule has 0 amide bonds. The molecule has 1 atom stereocenters. The number of aromatic amines is 1. The average Bonchev–Trinajstić information content (AvgIpc) is 3.14. The third-order valence-corrected chi connectivity index (χ3v) is 6.32. The zero-order chi connectivity index (χ0) is 24.5. The van der Waals surface area contributed by atoms with Gasteiger partial charge in [-0.2, -0.15) is 0 Å². The van der Waals surface area contributed by atoms with Gasteiger partial charge < -0.3 is 14.5 Å². The van der Waals surface area contributed by atoms with E-state index in [9.17, 15) is 13.2 Å². The number of methoxy groups -OCH3 is 1. The molecule has 0 saturated heterocycles. The molecule has 4 aromatic heterocycles. The Balaban J connectivity index is 1.92. The van der Waals surface area contributed by atoms with Gasteiger partial charge >= 0.3 is 5.69 Å². The number of sulfone groups is 1. The van der Waals surface area contributed by atoms with E-state index in [0.717, 1.165) is 17.4 Å². The van der Waals surface area contributed by atoms with Crippen molar-refractivity contribution in [1.82, 2.24) is 24.5 Å². The summed E-state index contributed by atoms with van der Waals surface area (Å²) in [5.74, 6) is 0.271. The van der Waals surface area contributed by atoms with Gasteiger partial charge in [0.1, 0.15) is 9.84 Å². The minimum atomic E-state index is -3.51. The lowest BCUT2D eigenvalue weighted by Crippen LogP contribution is -2.29. The molecule has 0 fully saturated rings. The molecule has 0 aliphatic heterocycles. The van der Waals surface area contributed by atoms with E-state index >= 15 is 0 Å². The average molecular weight is 484 g/mol. The molecular formula is C23H25N5O5S. The highest BCUT2D eigenvalue weighted by atomic mass is 32.2. The van der Waals surface area contributed by atoms with Crippen molar-refractivity contribution in [1.29, 1.82) is 0 Å². The van der Waals surface area contributed by atoms with E-state index in [4.69, 9.17) is 9.47 Å². The molecule has 1 unspecified atom stereocenters. The molecule has 0 spiro atoms. The number of imidazole rings is 1. The van der Waals surface area contributed by atoms with Gasteiger partial charge in [0.05, 0.1) is 42.4 Å². The van der Waals surface area contributed by atoms with Crippen molar-refractivity contribution in [2.24, 2.45) is 0 Å². The molecule has 0 bridgehead atoms. The van der Waals surface area contributed by atoms with Crippen LogP contribution in [0.5, 0.6) is 11.6 Å². The summed E-state index contributed by atoms with van der Waals surface area (Å²) in [5, 5.41) is 0. The predicted octanol–water partition coefficient (Wildman–Crippen LogP) is 2.53. The van der Waals surface area contributed by atoms with Crippen molar-refractivity contribution < 1.29 is 17.9 Å². The van der Waals surface area contributed by atoms with Gasteiger partial charge in [-0.05, 0) is 43.7 Å². The fraction of sp³-hybridized carbons (Fsp3) is 0.304. The van der Waals surface area contributed by atoms with Gasteiger partial charge in [0.2, 0.25) is 0 Å². The maximum absolute atomic E-state index is 13.1. The molecular weight excluding hydrogens is 458 g/mol. The smallest absolute Gasteiger partial charge is 0.328 e. The lowest BCUT2D eigenvalue weighted by atomic mass is 10.1. The van der Waals surface area contributed by atoms with Crippen LogP contribution in [-0.2, 0) is 9.84 Å². The number of aryl methyl sites for hydroxylation is 1. The summed E-state index contributed by atoms with van der Waals surface area (Å²) in [4.78, 5) is 29.4. The first-order valence-electron chi connectivity index (χ1n) is 10.6. The van der Waals surface area contributed by atoms with Crippen LogP contribution in [0.3, 0.4) is 0 Å². The quantitative estimate of drug-likeness (QED) is 0.405. The summed E-state index contributed by atoms with van der Waals surface area (Å²) in [7, 11) is -2.02. The van der Waals surface area contributed by atoms with Gasteiger partial charge in [-0.25, -0.2) is 23.2 Å². The Morgan fingerprint density at radius 1 is 1.18 bits per heavy atom. The molecule has 0 aromatic carbocycles. The Labute approximate surface area is 196 Å². The number of nitrogens with zero attached hydrogens (tertiary/aromatic N) is 4.